The molecule has 3 aromatic rings. The van der Waals surface area contributed by atoms with Gasteiger partial charge in [0.2, 0.25) is 6.04 Å². The van der Waals surface area contributed by atoms with Crippen molar-refractivity contribution in [2.45, 2.75) is 50.6 Å². The third-order valence-electron chi connectivity index (χ3n) is 5.20. The summed E-state index contributed by atoms with van der Waals surface area (Å²) in [5, 5.41) is 17.6. The Labute approximate surface area is 184 Å². The second-order valence-corrected chi connectivity index (χ2v) is 10.2. The van der Waals surface area contributed by atoms with Crippen LogP contribution in [0.4, 0.5) is 5.69 Å². The Morgan fingerprint density at radius 2 is 2.18 bits per heavy atom. The van der Waals surface area contributed by atoms with Gasteiger partial charge in [-0.25, -0.2) is 4.98 Å². The molecule has 0 saturated heterocycles. The molecule has 148 valence electrons. The van der Waals surface area contributed by atoms with E-state index in [9.17, 15) is 10.1 Å². The summed E-state index contributed by atoms with van der Waals surface area (Å²) in [4.78, 5) is 18.4. The number of halogens is 2. The lowest BCUT2D eigenvalue weighted by molar-refractivity contribution is -0.527. The van der Waals surface area contributed by atoms with Crippen LogP contribution in [0.2, 0.25) is 5.15 Å². The fraction of sp³-hybridized carbons (Fsp3) is 0.421. The molecule has 3 heterocycles. The molecule has 3 aromatic heterocycles. The van der Waals surface area contributed by atoms with Crippen LogP contribution < -0.4 is 5.32 Å². The molecule has 1 saturated carbocycles. The van der Waals surface area contributed by atoms with Crippen molar-refractivity contribution in [3.05, 3.63) is 53.1 Å². The first-order valence-electron chi connectivity index (χ1n) is 9.22. The predicted octanol–water partition coefficient (Wildman–Crippen LogP) is 7.08. The van der Waals surface area contributed by atoms with E-state index < -0.39 is 6.04 Å². The lowest BCUT2D eigenvalue weighted by Crippen LogP contribution is -2.26. The molecule has 5 nitrogen and oxygen atoms in total. The van der Waals surface area contributed by atoms with Crippen LogP contribution in [0.5, 0.6) is 0 Å². The lowest BCUT2D eigenvalue weighted by atomic mass is 9.93. The van der Waals surface area contributed by atoms with E-state index in [1.54, 1.807) is 22.7 Å². The van der Waals surface area contributed by atoms with Gasteiger partial charge in [0.1, 0.15) is 5.15 Å². The van der Waals surface area contributed by atoms with Gasteiger partial charge in [-0.1, -0.05) is 30.5 Å². The summed E-state index contributed by atoms with van der Waals surface area (Å²) >= 11 is 13.3. The fourth-order valence-corrected chi connectivity index (χ4v) is 6.95. The summed E-state index contributed by atoms with van der Waals surface area (Å²) in [5.74, 6) is -0.0880. The summed E-state index contributed by atoms with van der Waals surface area (Å²) in [6, 6.07) is 5.41. The minimum absolute atomic E-state index is 0.0880. The topological polar surface area (TPSA) is 68.1 Å². The first-order chi connectivity index (χ1) is 13.5. The average molecular weight is 501 g/mol. The number of nitrogens with zero attached hydrogens (tertiary/aromatic N) is 2. The van der Waals surface area contributed by atoms with Crippen LogP contribution >= 0.6 is 50.2 Å². The van der Waals surface area contributed by atoms with Gasteiger partial charge in [-0.05, 0) is 40.2 Å². The quantitative estimate of drug-likeness (QED) is 0.176. The van der Waals surface area contributed by atoms with Crippen LogP contribution in [0.15, 0.2) is 28.1 Å². The van der Waals surface area contributed by atoms with E-state index in [4.69, 9.17) is 11.6 Å². The van der Waals surface area contributed by atoms with Gasteiger partial charge in [0.15, 0.2) is 0 Å². The van der Waals surface area contributed by atoms with E-state index >= 15 is 0 Å². The summed E-state index contributed by atoms with van der Waals surface area (Å²) < 4.78 is 1.85. The van der Waals surface area contributed by atoms with E-state index in [1.165, 1.54) is 4.88 Å². The van der Waals surface area contributed by atoms with E-state index in [1.807, 2.05) is 12.1 Å². The normalized spacial score (nSPS) is 20.2. The largest absolute Gasteiger partial charge is 0.379 e. The number of thiophene rings is 2. The molecule has 1 aliphatic carbocycles. The number of nitro groups is 1. The SMILES string of the molecule is O=[N+]([O-])C1CCCCCC1c1sc2c(NCc3cccs3)cc(Cl)nc2c1Br. The fourth-order valence-electron chi connectivity index (χ4n) is 3.84. The Hall–Kier alpha value is -1.22. The Bertz CT molecular complexity index is 993. The van der Waals surface area contributed by atoms with Gasteiger partial charge < -0.3 is 5.32 Å². The van der Waals surface area contributed by atoms with Gasteiger partial charge in [0, 0.05) is 33.7 Å². The van der Waals surface area contributed by atoms with Crippen LogP contribution in [0.1, 0.15) is 47.8 Å². The van der Waals surface area contributed by atoms with Crippen molar-refractivity contribution in [2.24, 2.45) is 0 Å². The third kappa shape index (κ3) is 4.06. The van der Waals surface area contributed by atoms with Gasteiger partial charge in [0.25, 0.3) is 0 Å². The molecular formula is C19H19BrClN3O2S2. The molecule has 1 N–H and O–H groups in total. The van der Waals surface area contributed by atoms with Crippen molar-refractivity contribution in [3.8, 4) is 0 Å². The number of hydrogen-bond acceptors (Lipinski definition) is 6. The van der Waals surface area contributed by atoms with Gasteiger partial charge in [-0.2, -0.15) is 0 Å². The lowest BCUT2D eigenvalue weighted by Gasteiger charge is -2.17. The van der Waals surface area contributed by atoms with Gasteiger partial charge in [-0.3, -0.25) is 10.1 Å². The molecule has 4 rings (SSSR count). The first kappa shape index (κ1) is 20.1. The van der Waals surface area contributed by atoms with Crippen LogP contribution in [-0.4, -0.2) is 15.9 Å². The van der Waals surface area contributed by atoms with E-state index in [0.717, 1.165) is 50.9 Å². The Kier molecular flexibility index (Phi) is 6.20. The van der Waals surface area contributed by atoms with Gasteiger partial charge >= 0.3 is 0 Å². The molecule has 0 amide bonds. The molecule has 0 spiro atoms. The molecule has 1 fully saturated rings. The van der Waals surface area contributed by atoms with Gasteiger partial charge in [-0.15, -0.1) is 22.7 Å². The Morgan fingerprint density at radius 3 is 2.93 bits per heavy atom. The highest BCUT2D eigenvalue weighted by Gasteiger charge is 2.37. The van der Waals surface area contributed by atoms with Crippen molar-refractivity contribution in [3.63, 3.8) is 0 Å². The minimum atomic E-state index is -0.537. The van der Waals surface area contributed by atoms with Crippen molar-refractivity contribution in [1.82, 2.24) is 4.98 Å². The Balaban J connectivity index is 1.74. The predicted molar refractivity (Wildman–Crippen MR) is 121 cm³/mol. The van der Waals surface area contributed by atoms with Crippen LogP contribution in [0.3, 0.4) is 0 Å². The number of anilines is 1. The van der Waals surface area contributed by atoms with E-state index in [-0.39, 0.29) is 10.8 Å². The standard InChI is InChI=1S/C19H19BrClN3O2S2/c20-16-17-19(13(9-15(21)23-17)22-10-11-5-4-8-27-11)28-18(16)12-6-2-1-3-7-14(12)24(25)26/h4-5,8-9,12,14H,1-3,6-7,10H2,(H,22,23). The van der Waals surface area contributed by atoms with E-state index in [0.29, 0.717) is 18.1 Å². The summed E-state index contributed by atoms with van der Waals surface area (Å²) in [7, 11) is 0. The monoisotopic (exact) mass is 499 g/mol. The number of hydrogen-bond donors (Lipinski definition) is 1. The first-order valence-corrected chi connectivity index (χ1v) is 12.1. The van der Waals surface area contributed by atoms with Crippen LogP contribution in [0.25, 0.3) is 10.2 Å². The zero-order chi connectivity index (χ0) is 19.7. The highest BCUT2D eigenvalue weighted by Crippen LogP contribution is 2.47. The highest BCUT2D eigenvalue weighted by molar-refractivity contribution is 9.10. The molecular weight excluding hydrogens is 482 g/mol. The number of aromatic nitrogens is 1. The second-order valence-electron chi connectivity index (χ2n) is 6.98. The summed E-state index contributed by atoms with van der Waals surface area (Å²) in [5.41, 5.74) is 1.71. The van der Waals surface area contributed by atoms with Gasteiger partial charge in [0.05, 0.1) is 26.3 Å². The minimum Gasteiger partial charge on any atom is -0.379 e. The molecule has 2 atom stereocenters. The number of pyridine rings is 1. The molecule has 28 heavy (non-hydrogen) atoms. The molecule has 0 radical (unpaired) electrons. The van der Waals surface area contributed by atoms with Crippen molar-refractivity contribution in [1.29, 1.82) is 0 Å². The number of fused-ring (bicyclic) bond motifs is 1. The molecule has 0 aromatic carbocycles. The van der Waals surface area contributed by atoms with Crippen LogP contribution in [0, 0.1) is 10.1 Å². The molecule has 1 aliphatic rings. The zero-order valence-corrected chi connectivity index (χ0v) is 19.0. The van der Waals surface area contributed by atoms with Crippen LogP contribution in [-0.2, 0) is 6.54 Å². The number of nitrogens with one attached hydrogen (secondary N) is 1. The third-order valence-corrected chi connectivity index (χ3v) is 8.68. The summed E-state index contributed by atoms with van der Waals surface area (Å²) in [6.07, 6.45) is 4.47. The highest BCUT2D eigenvalue weighted by atomic mass is 79.9. The molecule has 0 bridgehead atoms. The number of rotatable bonds is 5. The second kappa shape index (κ2) is 8.65. The average Bonchev–Trinajstić information content (AvgIpc) is 3.21. The van der Waals surface area contributed by atoms with E-state index in [2.05, 4.69) is 37.7 Å². The summed E-state index contributed by atoms with van der Waals surface area (Å²) in [6.45, 7) is 0.707. The smallest absolute Gasteiger partial charge is 0.220 e. The maximum absolute atomic E-state index is 11.7. The molecule has 0 aliphatic heterocycles. The van der Waals surface area contributed by atoms with Crippen molar-refractivity contribution in [2.75, 3.05) is 5.32 Å². The van der Waals surface area contributed by atoms with Crippen molar-refractivity contribution < 1.29 is 4.92 Å². The molecule has 2 unspecified atom stereocenters. The Morgan fingerprint density at radius 1 is 1.36 bits per heavy atom. The van der Waals surface area contributed by atoms with Crippen molar-refractivity contribution >= 4 is 66.1 Å². The maximum Gasteiger partial charge on any atom is 0.220 e. The maximum atomic E-state index is 11.7. The molecule has 9 heteroatoms. The zero-order valence-electron chi connectivity index (χ0n) is 15.0.